The van der Waals surface area contributed by atoms with Gasteiger partial charge in [0.05, 0.1) is 0 Å². The molecule has 2 fully saturated rings. The SMILES string of the molecule is CCNc1ncccc1CN1CCC2(CCCCC2)CC1. The fourth-order valence-corrected chi connectivity index (χ4v) is 4.12. The molecular weight excluding hydrogens is 258 g/mol. The van der Waals surface area contributed by atoms with E-state index in [0.29, 0.717) is 5.41 Å². The zero-order chi connectivity index (χ0) is 14.5. The van der Waals surface area contributed by atoms with E-state index in [9.17, 15) is 0 Å². The van der Waals surface area contributed by atoms with E-state index in [0.717, 1.165) is 18.9 Å². The summed E-state index contributed by atoms with van der Waals surface area (Å²) in [5, 5.41) is 3.38. The molecule has 3 heteroatoms. The van der Waals surface area contributed by atoms with E-state index >= 15 is 0 Å². The lowest BCUT2D eigenvalue weighted by Gasteiger charge is -2.44. The van der Waals surface area contributed by atoms with Gasteiger partial charge in [0.2, 0.25) is 0 Å². The Morgan fingerprint density at radius 1 is 1.14 bits per heavy atom. The molecule has 116 valence electrons. The van der Waals surface area contributed by atoms with Crippen molar-refractivity contribution < 1.29 is 0 Å². The van der Waals surface area contributed by atoms with Crippen LogP contribution in [0.3, 0.4) is 0 Å². The third kappa shape index (κ3) is 3.57. The molecule has 3 rings (SSSR count). The van der Waals surface area contributed by atoms with Crippen molar-refractivity contribution >= 4 is 5.82 Å². The minimum atomic E-state index is 0.703. The molecule has 21 heavy (non-hydrogen) atoms. The molecule has 1 saturated heterocycles. The van der Waals surface area contributed by atoms with E-state index in [1.54, 1.807) is 0 Å². The number of piperidine rings is 1. The van der Waals surface area contributed by atoms with E-state index in [1.807, 2.05) is 6.20 Å². The zero-order valence-electron chi connectivity index (χ0n) is 13.4. The number of pyridine rings is 1. The number of nitrogens with one attached hydrogen (secondary N) is 1. The molecule has 1 aromatic rings. The number of rotatable bonds is 4. The highest BCUT2D eigenvalue weighted by Crippen LogP contribution is 2.44. The molecule has 1 aromatic heterocycles. The Morgan fingerprint density at radius 2 is 1.90 bits per heavy atom. The average molecular weight is 287 g/mol. The molecule has 0 bridgehead atoms. The summed E-state index contributed by atoms with van der Waals surface area (Å²) in [5.74, 6) is 1.07. The van der Waals surface area contributed by atoms with E-state index < -0.39 is 0 Å². The Hall–Kier alpha value is -1.09. The number of nitrogens with zero attached hydrogens (tertiary/aromatic N) is 2. The fraction of sp³-hybridized carbons (Fsp3) is 0.722. The van der Waals surface area contributed by atoms with Crippen LogP contribution in [0.2, 0.25) is 0 Å². The Bertz CT molecular complexity index is 442. The molecule has 0 atom stereocenters. The average Bonchev–Trinajstić information content (AvgIpc) is 2.53. The van der Waals surface area contributed by atoms with Crippen LogP contribution in [-0.4, -0.2) is 29.5 Å². The van der Waals surface area contributed by atoms with Crippen molar-refractivity contribution in [3.63, 3.8) is 0 Å². The van der Waals surface area contributed by atoms with Crippen LogP contribution in [0.15, 0.2) is 18.3 Å². The molecule has 2 aliphatic rings. The van der Waals surface area contributed by atoms with Crippen LogP contribution in [0.25, 0.3) is 0 Å². The smallest absolute Gasteiger partial charge is 0.130 e. The number of aromatic nitrogens is 1. The number of likely N-dealkylation sites (tertiary alicyclic amines) is 1. The van der Waals surface area contributed by atoms with Gasteiger partial charge in [0, 0.05) is 24.8 Å². The van der Waals surface area contributed by atoms with Crippen molar-refractivity contribution in [2.75, 3.05) is 25.0 Å². The summed E-state index contributed by atoms with van der Waals surface area (Å²) in [6.45, 7) is 6.65. The first-order valence-electron chi connectivity index (χ1n) is 8.71. The van der Waals surface area contributed by atoms with Gasteiger partial charge in [0.15, 0.2) is 0 Å². The lowest BCUT2D eigenvalue weighted by Crippen LogP contribution is -2.40. The summed E-state index contributed by atoms with van der Waals surface area (Å²) < 4.78 is 0. The van der Waals surface area contributed by atoms with Gasteiger partial charge < -0.3 is 5.32 Å². The monoisotopic (exact) mass is 287 g/mol. The van der Waals surface area contributed by atoms with Gasteiger partial charge in [0.25, 0.3) is 0 Å². The quantitative estimate of drug-likeness (QED) is 0.905. The van der Waals surface area contributed by atoms with Crippen LogP contribution < -0.4 is 5.32 Å². The summed E-state index contributed by atoms with van der Waals surface area (Å²) in [5.41, 5.74) is 2.05. The van der Waals surface area contributed by atoms with Crippen LogP contribution in [0.1, 0.15) is 57.4 Å². The summed E-state index contributed by atoms with van der Waals surface area (Å²) in [7, 11) is 0. The Labute approximate surface area is 129 Å². The van der Waals surface area contributed by atoms with Gasteiger partial charge in [-0.1, -0.05) is 25.3 Å². The van der Waals surface area contributed by atoms with Gasteiger partial charge >= 0.3 is 0 Å². The molecule has 0 amide bonds. The third-order valence-corrected chi connectivity index (χ3v) is 5.46. The minimum absolute atomic E-state index is 0.703. The topological polar surface area (TPSA) is 28.2 Å². The number of hydrogen-bond acceptors (Lipinski definition) is 3. The maximum Gasteiger partial charge on any atom is 0.130 e. The third-order valence-electron chi connectivity index (χ3n) is 5.46. The zero-order valence-corrected chi connectivity index (χ0v) is 13.4. The molecular formula is C18H29N3. The van der Waals surface area contributed by atoms with Crippen LogP contribution in [-0.2, 0) is 6.54 Å². The first-order chi connectivity index (χ1) is 10.3. The first-order valence-corrected chi connectivity index (χ1v) is 8.71. The van der Waals surface area contributed by atoms with E-state index in [4.69, 9.17) is 0 Å². The van der Waals surface area contributed by atoms with Gasteiger partial charge in [-0.3, -0.25) is 4.90 Å². The molecule has 1 aliphatic carbocycles. The van der Waals surface area contributed by atoms with Crippen LogP contribution in [0, 0.1) is 5.41 Å². The second-order valence-corrected chi connectivity index (χ2v) is 6.88. The van der Waals surface area contributed by atoms with E-state index in [1.165, 1.54) is 63.6 Å². The molecule has 1 saturated carbocycles. The van der Waals surface area contributed by atoms with Crippen LogP contribution in [0.5, 0.6) is 0 Å². The van der Waals surface area contributed by atoms with Gasteiger partial charge in [0.1, 0.15) is 5.82 Å². The van der Waals surface area contributed by atoms with Crippen molar-refractivity contribution in [1.82, 2.24) is 9.88 Å². The van der Waals surface area contributed by atoms with Gasteiger partial charge in [-0.2, -0.15) is 0 Å². The molecule has 0 aromatic carbocycles. The van der Waals surface area contributed by atoms with Gasteiger partial charge in [-0.15, -0.1) is 0 Å². The normalized spacial score (nSPS) is 22.3. The number of anilines is 1. The second-order valence-electron chi connectivity index (χ2n) is 6.88. The maximum absolute atomic E-state index is 4.48. The molecule has 1 spiro atoms. The Morgan fingerprint density at radius 3 is 2.62 bits per heavy atom. The van der Waals surface area contributed by atoms with Gasteiger partial charge in [-0.05, 0) is 57.2 Å². The lowest BCUT2D eigenvalue weighted by molar-refractivity contribution is 0.0642. The van der Waals surface area contributed by atoms with Crippen LogP contribution >= 0.6 is 0 Å². The van der Waals surface area contributed by atoms with Crippen molar-refractivity contribution in [3.8, 4) is 0 Å². The molecule has 0 radical (unpaired) electrons. The van der Waals surface area contributed by atoms with Crippen molar-refractivity contribution in [2.45, 2.75) is 58.4 Å². The lowest BCUT2D eigenvalue weighted by atomic mass is 9.68. The maximum atomic E-state index is 4.48. The molecule has 0 unspecified atom stereocenters. The number of hydrogen-bond donors (Lipinski definition) is 1. The van der Waals surface area contributed by atoms with Crippen LogP contribution in [0.4, 0.5) is 5.82 Å². The summed E-state index contributed by atoms with van der Waals surface area (Å²) in [6.07, 6.45) is 12.1. The van der Waals surface area contributed by atoms with Crippen molar-refractivity contribution in [3.05, 3.63) is 23.9 Å². The standard InChI is InChI=1S/C18H29N3/c1-2-19-17-16(7-6-12-20-17)15-21-13-10-18(11-14-21)8-4-3-5-9-18/h6-7,12H,2-5,8-11,13-15H2,1H3,(H,19,20). The molecule has 3 nitrogen and oxygen atoms in total. The minimum Gasteiger partial charge on any atom is -0.370 e. The van der Waals surface area contributed by atoms with Crippen molar-refractivity contribution in [1.29, 1.82) is 0 Å². The molecule has 2 heterocycles. The summed E-state index contributed by atoms with van der Waals surface area (Å²) >= 11 is 0. The largest absolute Gasteiger partial charge is 0.370 e. The molecule has 1 aliphatic heterocycles. The highest BCUT2D eigenvalue weighted by atomic mass is 15.1. The Kier molecular flexibility index (Phi) is 4.79. The van der Waals surface area contributed by atoms with Crippen molar-refractivity contribution in [2.24, 2.45) is 5.41 Å². The highest BCUT2D eigenvalue weighted by molar-refractivity contribution is 5.43. The Balaban J connectivity index is 1.58. The van der Waals surface area contributed by atoms with E-state index in [-0.39, 0.29) is 0 Å². The van der Waals surface area contributed by atoms with Gasteiger partial charge in [-0.25, -0.2) is 4.98 Å². The predicted molar refractivity (Wildman–Crippen MR) is 88.4 cm³/mol. The highest BCUT2D eigenvalue weighted by Gasteiger charge is 2.35. The van der Waals surface area contributed by atoms with E-state index in [2.05, 4.69) is 34.3 Å². The second kappa shape index (κ2) is 6.78. The first kappa shape index (κ1) is 14.8. The summed E-state index contributed by atoms with van der Waals surface area (Å²) in [4.78, 5) is 7.10. The molecule has 1 N–H and O–H groups in total. The summed E-state index contributed by atoms with van der Waals surface area (Å²) in [6, 6.07) is 4.28. The fourth-order valence-electron chi connectivity index (χ4n) is 4.12. The predicted octanol–water partition coefficient (Wildman–Crippen LogP) is 4.06.